The molecule has 0 aliphatic heterocycles. The molecule has 0 saturated heterocycles. The summed E-state index contributed by atoms with van der Waals surface area (Å²) >= 11 is 0. The number of hydrogen-bond donors (Lipinski definition) is 3. The fourth-order valence-electron chi connectivity index (χ4n) is 8.60. The lowest BCUT2D eigenvalue weighted by molar-refractivity contribution is 0.497. The molecule has 4 aromatic carbocycles. The Morgan fingerprint density at radius 3 is 1.77 bits per heavy atom. The third kappa shape index (κ3) is 6.36. The summed E-state index contributed by atoms with van der Waals surface area (Å²) in [6, 6.07) is 37.0. The standard InChI is InChI=1S/C46H42N8O2/c55-45-51-39-17-15-32(34-19-36(28-47-26-34)49-24-30-9-3-1-4-10-30)21-41(39)53(45)43-23-44(43)54-40-18-16-33(22-42(40)52(46(54)56)38-13-7-8-14-38)35-20-37(29-48-27-35)50-25-31-11-5-2-6-12-31/h1-6,9-12,15-22,26-29,38,43-44,49-50H,7-8,13-14,23-25H2,(H,51,55). The summed E-state index contributed by atoms with van der Waals surface area (Å²) in [6.45, 7) is 1.40. The number of benzene rings is 4. The van der Waals surface area contributed by atoms with Gasteiger partial charge in [-0.1, -0.05) is 85.6 Å². The number of fused-ring (bicyclic) bond motifs is 2. The third-order valence-electron chi connectivity index (χ3n) is 11.5. The van der Waals surface area contributed by atoms with Gasteiger partial charge in [0, 0.05) is 55.0 Å². The van der Waals surface area contributed by atoms with Crippen LogP contribution in [0.4, 0.5) is 11.4 Å². The lowest BCUT2D eigenvalue weighted by Crippen LogP contribution is -2.27. The minimum absolute atomic E-state index is 0.00687. The molecule has 0 spiro atoms. The van der Waals surface area contributed by atoms with Gasteiger partial charge >= 0.3 is 11.4 Å². The molecule has 2 aliphatic carbocycles. The van der Waals surface area contributed by atoms with Crippen LogP contribution in [0.5, 0.6) is 0 Å². The van der Waals surface area contributed by atoms with E-state index in [0.717, 1.165) is 81.4 Å². The molecule has 3 N–H and O–H groups in total. The maximum Gasteiger partial charge on any atom is 0.329 e. The quantitative estimate of drug-likeness (QED) is 0.122. The van der Waals surface area contributed by atoms with Gasteiger partial charge in [-0.15, -0.1) is 0 Å². The normalized spacial score (nSPS) is 16.8. The van der Waals surface area contributed by atoms with E-state index in [9.17, 15) is 9.59 Å². The SMILES string of the molecule is O=c1[nH]c2ccc(-c3cncc(NCc4ccccc4)c3)cc2n1C1CC1n1c(=O)n(C2CCCC2)c2cc(-c3cncc(NCc4ccccc4)c3)ccc21. The second kappa shape index (κ2) is 14.2. The second-order valence-electron chi connectivity index (χ2n) is 15.2. The van der Waals surface area contributed by atoms with Crippen LogP contribution in [0.1, 0.15) is 61.4 Å². The zero-order valence-electron chi connectivity index (χ0n) is 30.9. The highest BCUT2D eigenvalue weighted by molar-refractivity contribution is 5.85. The van der Waals surface area contributed by atoms with E-state index in [1.54, 1.807) is 0 Å². The van der Waals surface area contributed by atoms with E-state index in [0.29, 0.717) is 19.5 Å². The summed E-state index contributed by atoms with van der Waals surface area (Å²) in [5.74, 6) is 0. The summed E-state index contributed by atoms with van der Waals surface area (Å²) in [5.41, 5.74) is 11.5. The molecule has 2 atom stereocenters. The topological polar surface area (TPSA) is 115 Å². The van der Waals surface area contributed by atoms with E-state index in [2.05, 4.69) is 86.2 Å². The monoisotopic (exact) mass is 738 g/mol. The summed E-state index contributed by atoms with van der Waals surface area (Å²) in [6.07, 6.45) is 12.3. The van der Waals surface area contributed by atoms with E-state index < -0.39 is 0 Å². The Bertz CT molecular complexity index is 2810. The molecular weight excluding hydrogens is 697 g/mol. The first kappa shape index (κ1) is 33.9. The smallest absolute Gasteiger partial charge is 0.329 e. The van der Waals surface area contributed by atoms with Crippen LogP contribution in [0.3, 0.4) is 0 Å². The highest BCUT2D eigenvalue weighted by Gasteiger charge is 2.45. The third-order valence-corrected chi connectivity index (χ3v) is 11.5. The molecular formula is C46H42N8O2. The van der Waals surface area contributed by atoms with Crippen molar-refractivity contribution >= 4 is 33.4 Å². The Labute approximate surface area is 323 Å². The zero-order chi connectivity index (χ0) is 37.6. The minimum Gasteiger partial charge on any atom is -0.380 e. The predicted molar refractivity (Wildman–Crippen MR) is 223 cm³/mol. The van der Waals surface area contributed by atoms with Gasteiger partial charge in [-0.25, -0.2) is 9.59 Å². The van der Waals surface area contributed by atoms with E-state index in [-0.39, 0.29) is 29.5 Å². The van der Waals surface area contributed by atoms with Gasteiger partial charge in [0.25, 0.3) is 0 Å². The molecule has 2 unspecified atom stereocenters. The average Bonchev–Trinajstić information content (AvgIpc) is 3.52. The Balaban J connectivity index is 0.964. The van der Waals surface area contributed by atoms with Crippen molar-refractivity contribution in [1.82, 2.24) is 28.7 Å². The second-order valence-corrected chi connectivity index (χ2v) is 15.2. The number of rotatable bonds is 11. The van der Waals surface area contributed by atoms with Crippen LogP contribution >= 0.6 is 0 Å². The fourth-order valence-corrected chi connectivity index (χ4v) is 8.60. The van der Waals surface area contributed by atoms with Gasteiger partial charge < -0.3 is 15.6 Å². The van der Waals surface area contributed by atoms with Crippen molar-refractivity contribution in [3.8, 4) is 22.3 Å². The molecule has 0 bridgehead atoms. The lowest BCUT2D eigenvalue weighted by atomic mass is 10.1. The number of aromatic amines is 1. The molecule has 2 saturated carbocycles. The molecule has 2 aliphatic rings. The van der Waals surface area contributed by atoms with E-state index in [1.165, 1.54) is 11.1 Å². The van der Waals surface area contributed by atoms with Gasteiger partial charge in [-0.2, -0.15) is 0 Å². The number of imidazole rings is 2. The zero-order valence-corrected chi connectivity index (χ0v) is 30.9. The molecule has 0 amide bonds. The highest BCUT2D eigenvalue weighted by atomic mass is 16.2. The number of H-pyrrole nitrogens is 1. The first-order chi connectivity index (χ1) is 27.6. The van der Waals surface area contributed by atoms with Crippen LogP contribution in [-0.2, 0) is 13.1 Å². The molecule has 0 radical (unpaired) electrons. The van der Waals surface area contributed by atoms with Crippen LogP contribution in [0, 0.1) is 0 Å². The van der Waals surface area contributed by atoms with Crippen molar-refractivity contribution in [1.29, 1.82) is 0 Å². The maximum atomic E-state index is 14.6. The van der Waals surface area contributed by atoms with Gasteiger partial charge in [-0.3, -0.25) is 23.7 Å². The molecule has 10 heteroatoms. The summed E-state index contributed by atoms with van der Waals surface area (Å²) in [5, 5.41) is 6.98. The van der Waals surface area contributed by atoms with Crippen LogP contribution in [-0.4, -0.2) is 28.7 Å². The number of nitrogens with zero attached hydrogens (tertiary/aromatic N) is 5. The van der Waals surface area contributed by atoms with Crippen molar-refractivity contribution in [2.24, 2.45) is 0 Å². The number of anilines is 2. The molecule has 10 nitrogen and oxygen atoms in total. The summed E-state index contributed by atoms with van der Waals surface area (Å²) < 4.78 is 5.85. The van der Waals surface area contributed by atoms with E-state index in [4.69, 9.17) is 0 Å². The fraction of sp³-hybridized carbons (Fsp3) is 0.217. The van der Waals surface area contributed by atoms with Crippen molar-refractivity contribution < 1.29 is 0 Å². The number of pyridine rings is 2. The largest absolute Gasteiger partial charge is 0.380 e. The van der Waals surface area contributed by atoms with Gasteiger partial charge in [0.1, 0.15) is 0 Å². The summed E-state index contributed by atoms with van der Waals surface area (Å²) in [7, 11) is 0. The van der Waals surface area contributed by atoms with Gasteiger partial charge in [-0.05, 0) is 77.9 Å². The Morgan fingerprint density at radius 1 is 0.571 bits per heavy atom. The molecule has 2 fully saturated rings. The Hall–Kier alpha value is -6.68. The van der Waals surface area contributed by atoms with Crippen LogP contribution in [0.25, 0.3) is 44.3 Å². The molecule has 10 rings (SSSR count). The van der Waals surface area contributed by atoms with Crippen LogP contribution < -0.4 is 22.0 Å². The van der Waals surface area contributed by atoms with Crippen LogP contribution in [0.15, 0.2) is 144 Å². The molecule has 56 heavy (non-hydrogen) atoms. The van der Waals surface area contributed by atoms with Crippen molar-refractivity contribution in [2.75, 3.05) is 10.6 Å². The van der Waals surface area contributed by atoms with Crippen LogP contribution in [0.2, 0.25) is 0 Å². The van der Waals surface area contributed by atoms with Crippen molar-refractivity contribution in [2.45, 2.75) is 63.3 Å². The van der Waals surface area contributed by atoms with E-state index >= 15 is 0 Å². The first-order valence-electron chi connectivity index (χ1n) is 19.5. The molecule has 4 aromatic heterocycles. The van der Waals surface area contributed by atoms with Crippen molar-refractivity contribution in [3.63, 3.8) is 0 Å². The maximum absolute atomic E-state index is 14.6. The molecule has 4 heterocycles. The predicted octanol–water partition coefficient (Wildman–Crippen LogP) is 9.10. The number of hydrogen-bond acceptors (Lipinski definition) is 6. The lowest BCUT2D eigenvalue weighted by Gasteiger charge is -2.12. The van der Waals surface area contributed by atoms with Gasteiger partial charge in [0.2, 0.25) is 0 Å². The summed E-state index contributed by atoms with van der Waals surface area (Å²) in [4.78, 5) is 40.3. The van der Waals surface area contributed by atoms with E-state index in [1.807, 2.05) is 87.0 Å². The van der Waals surface area contributed by atoms with Gasteiger partial charge in [0.15, 0.2) is 0 Å². The minimum atomic E-state index is -0.163. The first-order valence-corrected chi connectivity index (χ1v) is 19.5. The van der Waals surface area contributed by atoms with Crippen molar-refractivity contribution in [3.05, 3.63) is 166 Å². The Kier molecular flexibility index (Phi) is 8.58. The van der Waals surface area contributed by atoms with Gasteiger partial charge in [0.05, 0.1) is 45.5 Å². The molecule has 8 aromatic rings. The molecule has 278 valence electrons. The highest BCUT2D eigenvalue weighted by Crippen LogP contribution is 2.49. The average molecular weight is 739 g/mol. The number of nitrogens with one attached hydrogen (secondary N) is 3. The Morgan fingerprint density at radius 2 is 1.14 bits per heavy atom. The number of aromatic nitrogens is 6.